The number of urea groups is 1. The van der Waals surface area contributed by atoms with E-state index in [-0.39, 0.29) is 11.7 Å². The van der Waals surface area contributed by atoms with Gasteiger partial charge in [-0.3, -0.25) is 0 Å². The summed E-state index contributed by atoms with van der Waals surface area (Å²) in [6.45, 7) is 1.20. The lowest BCUT2D eigenvalue weighted by Crippen LogP contribution is -2.48. The zero-order valence-corrected chi connectivity index (χ0v) is 17.0. The number of carboxylic acid groups (broad SMARTS) is 1. The molecule has 4 heterocycles. The maximum Gasteiger partial charge on any atom is 0.412 e. The van der Waals surface area contributed by atoms with Gasteiger partial charge in [-0.2, -0.15) is 0 Å². The third-order valence-corrected chi connectivity index (χ3v) is 5.27. The van der Waals surface area contributed by atoms with Gasteiger partial charge in [-0.1, -0.05) is 11.6 Å². The SMILES string of the molecule is O=C(O)NC(=O)N1CCCC(CNc2nc(-c3c[nH]c4ncc(Cl)cc34)ncc2F)C1. The first-order valence-corrected chi connectivity index (χ1v) is 9.97. The van der Waals surface area contributed by atoms with Gasteiger partial charge in [0, 0.05) is 43.0 Å². The second kappa shape index (κ2) is 8.72. The summed E-state index contributed by atoms with van der Waals surface area (Å²) in [5.74, 6) is -0.231. The number of carbonyl (C=O) groups is 2. The molecular formula is C19H19ClFN7O3. The quantitative estimate of drug-likeness (QED) is 0.481. The van der Waals surface area contributed by atoms with E-state index in [9.17, 15) is 14.0 Å². The maximum atomic E-state index is 14.3. The second-order valence-corrected chi connectivity index (χ2v) is 7.65. The first kappa shape index (κ1) is 20.8. The van der Waals surface area contributed by atoms with Crippen molar-refractivity contribution in [2.75, 3.05) is 25.0 Å². The monoisotopic (exact) mass is 447 g/mol. The molecule has 0 saturated carbocycles. The number of H-pyrrole nitrogens is 1. The first-order valence-electron chi connectivity index (χ1n) is 9.59. The highest BCUT2D eigenvalue weighted by atomic mass is 35.5. The van der Waals surface area contributed by atoms with E-state index in [1.165, 1.54) is 11.1 Å². The molecule has 162 valence electrons. The summed E-state index contributed by atoms with van der Waals surface area (Å²) >= 11 is 6.03. The van der Waals surface area contributed by atoms with Crippen LogP contribution in [0.15, 0.2) is 24.7 Å². The van der Waals surface area contributed by atoms with Gasteiger partial charge < -0.3 is 20.3 Å². The summed E-state index contributed by atoms with van der Waals surface area (Å²) in [4.78, 5) is 39.6. The van der Waals surface area contributed by atoms with Crippen molar-refractivity contribution in [3.63, 3.8) is 0 Å². The molecule has 4 rings (SSSR count). The number of carbonyl (C=O) groups excluding carboxylic acids is 1. The van der Waals surface area contributed by atoms with Crippen LogP contribution >= 0.6 is 11.6 Å². The van der Waals surface area contributed by atoms with Gasteiger partial charge in [0.2, 0.25) is 0 Å². The lowest BCUT2D eigenvalue weighted by molar-refractivity contribution is 0.159. The Balaban J connectivity index is 1.47. The molecule has 1 fully saturated rings. The Kier molecular flexibility index (Phi) is 5.85. The molecule has 0 spiro atoms. The number of nitrogens with one attached hydrogen (secondary N) is 3. The maximum absolute atomic E-state index is 14.3. The number of aromatic amines is 1. The summed E-state index contributed by atoms with van der Waals surface area (Å²) in [6.07, 6.45) is 4.44. The molecule has 12 heteroatoms. The van der Waals surface area contributed by atoms with Gasteiger partial charge in [-0.05, 0) is 24.8 Å². The van der Waals surface area contributed by atoms with Gasteiger partial charge in [0.1, 0.15) is 5.65 Å². The highest BCUT2D eigenvalue weighted by molar-refractivity contribution is 6.31. The second-order valence-electron chi connectivity index (χ2n) is 7.21. The predicted octanol–water partition coefficient (Wildman–Crippen LogP) is 3.32. The van der Waals surface area contributed by atoms with Crippen LogP contribution in [-0.4, -0.2) is 61.7 Å². The van der Waals surface area contributed by atoms with Crippen LogP contribution < -0.4 is 10.6 Å². The Hall–Kier alpha value is -3.47. The third kappa shape index (κ3) is 4.66. The molecule has 4 N–H and O–H groups in total. The molecule has 1 saturated heterocycles. The van der Waals surface area contributed by atoms with Crippen molar-refractivity contribution in [3.8, 4) is 11.4 Å². The number of imide groups is 1. The molecule has 3 aromatic heterocycles. The van der Waals surface area contributed by atoms with Crippen LogP contribution in [0, 0.1) is 11.7 Å². The van der Waals surface area contributed by atoms with E-state index < -0.39 is 17.9 Å². The average molecular weight is 448 g/mol. The van der Waals surface area contributed by atoms with Crippen molar-refractivity contribution in [3.05, 3.63) is 35.5 Å². The number of rotatable bonds is 4. The standard InChI is InChI=1S/C19H19ClFN7O3/c20-11-4-12-13(7-24-15(12)23-6-11)16-25-8-14(21)17(26-16)22-5-10-2-1-3-28(9-10)18(29)27-19(30)31/h4,6-8,10H,1-3,5,9H2,(H,23,24)(H,27,29)(H,30,31)(H,22,25,26). The number of halogens is 2. The fraction of sp³-hybridized carbons (Fsp3) is 0.316. The lowest BCUT2D eigenvalue weighted by Gasteiger charge is -2.32. The minimum absolute atomic E-state index is 0.0159. The summed E-state index contributed by atoms with van der Waals surface area (Å²) in [5, 5.41) is 14.7. The normalized spacial score (nSPS) is 16.3. The van der Waals surface area contributed by atoms with Crippen molar-refractivity contribution in [2.24, 2.45) is 5.92 Å². The fourth-order valence-corrected chi connectivity index (χ4v) is 3.77. The van der Waals surface area contributed by atoms with E-state index in [4.69, 9.17) is 16.7 Å². The molecule has 3 aromatic rings. The molecule has 1 unspecified atom stereocenters. The zero-order valence-electron chi connectivity index (χ0n) is 16.2. The topological polar surface area (TPSA) is 136 Å². The molecule has 1 atom stereocenters. The minimum Gasteiger partial charge on any atom is -0.465 e. The minimum atomic E-state index is -1.39. The van der Waals surface area contributed by atoms with Crippen LogP contribution in [-0.2, 0) is 0 Å². The van der Waals surface area contributed by atoms with Crippen molar-refractivity contribution >= 4 is 40.6 Å². The van der Waals surface area contributed by atoms with E-state index in [0.29, 0.717) is 41.7 Å². The molecular weight excluding hydrogens is 429 g/mol. The summed E-state index contributed by atoms with van der Waals surface area (Å²) in [5.41, 5.74) is 1.26. The van der Waals surface area contributed by atoms with E-state index in [1.54, 1.807) is 12.3 Å². The number of hydrogen-bond acceptors (Lipinski definition) is 6. The first-order chi connectivity index (χ1) is 14.9. The number of pyridine rings is 1. The lowest BCUT2D eigenvalue weighted by atomic mass is 9.98. The highest BCUT2D eigenvalue weighted by Gasteiger charge is 2.25. The largest absolute Gasteiger partial charge is 0.465 e. The molecule has 1 aliphatic rings. The molecule has 10 nitrogen and oxygen atoms in total. The highest BCUT2D eigenvalue weighted by Crippen LogP contribution is 2.28. The van der Waals surface area contributed by atoms with Crippen molar-refractivity contribution < 1.29 is 19.1 Å². The smallest absolute Gasteiger partial charge is 0.412 e. The molecule has 0 bridgehead atoms. The number of fused-ring (bicyclic) bond motifs is 1. The molecule has 3 amide bonds. The number of piperidine rings is 1. The Morgan fingerprint density at radius 2 is 2.19 bits per heavy atom. The molecule has 0 aliphatic carbocycles. The Morgan fingerprint density at radius 1 is 1.35 bits per heavy atom. The number of aromatic nitrogens is 4. The fourth-order valence-electron chi connectivity index (χ4n) is 3.61. The number of hydrogen-bond donors (Lipinski definition) is 4. The zero-order chi connectivity index (χ0) is 22.0. The van der Waals surface area contributed by atoms with Gasteiger partial charge in [0.25, 0.3) is 0 Å². The number of nitrogens with zero attached hydrogens (tertiary/aromatic N) is 4. The van der Waals surface area contributed by atoms with Crippen molar-refractivity contribution in [1.82, 2.24) is 30.2 Å². The number of amides is 3. The summed E-state index contributed by atoms with van der Waals surface area (Å²) in [7, 11) is 0. The Labute approximate surface area is 180 Å². The van der Waals surface area contributed by atoms with E-state index in [0.717, 1.165) is 24.4 Å². The van der Waals surface area contributed by atoms with Gasteiger partial charge in [-0.25, -0.2) is 34.2 Å². The van der Waals surface area contributed by atoms with Crippen LogP contribution in [0.3, 0.4) is 0 Å². The summed E-state index contributed by atoms with van der Waals surface area (Å²) < 4.78 is 14.3. The van der Waals surface area contributed by atoms with E-state index in [2.05, 4.69) is 25.3 Å². The van der Waals surface area contributed by atoms with E-state index >= 15 is 0 Å². The van der Waals surface area contributed by atoms with Crippen molar-refractivity contribution in [1.29, 1.82) is 0 Å². The predicted molar refractivity (Wildman–Crippen MR) is 111 cm³/mol. The van der Waals surface area contributed by atoms with Gasteiger partial charge in [0.15, 0.2) is 17.5 Å². The van der Waals surface area contributed by atoms with Crippen LogP contribution in [0.25, 0.3) is 22.4 Å². The van der Waals surface area contributed by atoms with Gasteiger partial charge >= 0.3 is 12.1 Å². The Morgan fingerprint density at radius 3 is 3.00 bits per heavy atom. The van der Waals surface area contributed by atoms with Crippen LogP contribution in [0.4, 0.5) is 19.8 Å². The number of anilines is 1. The van der Waals surface area contributed by atoms with Gasteiger partial charge in [-0.15, -0.1) is 0 Å². The van der Waals surface area contributed by atoms with Crippen LogP contribution in [0.1, 0.15) is 12.8 Å². The molecule has 31 heavy (non-hydrogen) atoms. The van der Waals surface area contributed by atoms with Crippen LogP contribution in [0.2, 0.25) is 5.02 Å². The average Bonchev–Trinajstić information content (AvgIpc) is 3.16. The molecule has 0 radical (unpaired) electrons. The third-order valence-electron chi connectivity index (χ3n) is 5.06. The van der Waals surface area contributed by atoms with Gasteiger partial charge in [0.05, 0.1) is 11.2 Å². The summed E-state index contributed by atoms with van der Waals surface area (Å²) in [6, 6.07) is 1.08. The molecule has 1 aliphatic heterocycles. The van der Waals surface area contributed by atoms with Crippen molar-refractivity contribution in [2.45, 2.75) is 12.8 Å². The molecule has 0 aromatic carbocycles. The number of likely N-dealkylation sites (tertiary alicyclic amines) is 1. The Bertz CT molecular complexity index is 1140. The van der Waals surface area contributed by atoms with Crippen LogP contribution in [0.5, 0.6) is 0 Å². The van der Waals surface area contributed by atoms with E-state index in [1.807, 2.05) is 5.32 Å².